The first-order valence-electron chi connectivity index (χ1n) is 10.7. The Morgan fingerprint density at radius 3 is 2.65 bits per heavy atom. The molecule has 34 heavy (non-hydrogen) atoms. The Labute approximate surface area is 198 Å². The van der Waals surface area contributed by atoms with Gasteiger partial charge < -0.3 is 14.6 Å². The van der Waals surface area contributed by atoms with E-state index in [1.807, 2.05) is 0 Å². The molecule has 2 aromatic carbocycles. The van der Waals surface area contributed by atoms with Crippen LogP contribution in [0.5, 0.6) is 5.75 Å². The van der Waals surface area contributed by atoms with E-state index >= 15 is 0 Å². The van der Waals surface area contributed by atoms with Crippen molar-refractivity contribution in [3.05, 3.63) is 66.5 Å². The minimum absolute atomic E-state index is 0.122. The van der Waals surface area contributed by atoms with Gasteiger partial charge in [0, 0.05) is 59.3 Å². The number of imidazole rings is 1. The van der Waals surface area contributed by atoms with E-state index in [0.717, 1.165) is 47.4 Å². The standard InChI is InChI=1S/C24H20ClF2N5O2/c1-14-6-7-32-21(8-14)31-20-10-15(9-19(22(20)32)16-11-28-13-29-12-16)23(33)30-17-2-4-18(5-3-17)34-24(25,26)27/h2-5,9-14H,6-8H2,1H3,(H,30,33)/t14-/m1/s1. The summed E-state index contributed by atoms with van der Waals surface area (Å²) in [6.07, 6.45) is 6.80. The van der Waals surface area contributed by atoms with E-state index in [9.17, 15) is 13.6 Å². The second kappa shape index (κ2) is 8.64. The maximum absolute atomic E-state index is 13.1. The SMILES string of the molecule is C[C@@H]1CCn2c(nc3cc(C(=O)Nc4ccc(OC(F)(F)Cl)cc4)cc(-c4cncnc4)c32)C1. The van der Waals surface area contributed by atoms with Gasteiger partial charge in [-0.2, -0.15) is 0 Å². The van der Waals surface area contributed by atoms with E-state index in [0.29, 0.717) is 17.2 Å². The first kappa shape index (κ1) is 22.2. The molecule has 4 aromatic rings. The van der Waals surface area contributed by atoms with E-state index in [4.69, 9.17) is 16.6 Å². The summed E-state index contributed by atoms with van der Waals surface area (Å²) in [6.45, 7) is 3.06. The average molecular weight is 484 g/mol. The van der Waals surface area contributed by atoms with Crippen LogP contribution in [-0.2, 0) is 13.0 Å². The van der Waals surface area contributed by atoms with Gasteiger partial charge in [-0.05, 0) is 48.7 Å². The van der Waals surface area contributed by atoms with Crippen molar-refractivity contribution in [2.24, 2.45) is 5.92 Å². The van der Waals surface area contributed by atoms with Crippen LogP contribution in [0.2, 0.25) is 0 Å². The molecule has 1 aliphatic heterocycles. The predicted molar refractivity (Wildman–Crippen MR) is 124 cm³/mol. The zero-order valence-electron chi connectivity index (χ0n) is 18.1. The Bertz CT molecular complexity index is 1350. The van der Waals surface area contributed by atoms with Crippen LogP contribution >= 0.6 is 11.6 Å². The van der Waals surface area contributed by atoms with Crippen LogP contribution in [0.15, 0.2) is 55.1 Å². The molecular weight excluding hydrogens is 464 g/mol. The van der Waals surface area contributed by atoms with Gasteiger partial charge in [0.15, 0.2) is 0 Å². The third-order valence-electron chi connectivity index (χ3n) is 5.78. The van der Waals surface area contributed by atoms with Gasteiger partial charge in [0.05, 0.1) is 11.0 Å². The van der Waals surface area contributed by atoms with Crippen molar-refractivity contribution in [1.29, 1.82) is 0 Å². The molecule has 2 aromatic heterocycles. The largest absolute Gasteiger partial charge is 0.487 e. The minimum Gasteiger partial charge on any atom is -0.420 e. The number of alkyl halides is 3. The minimum atomic E-state index is -3.81. The van der Waals surface area contributed by atoms with E-state index in [2.05, 4.69) is 31.5 Å². The lowest BCUT2D eigenvalue weighted by atomic mass is 9.99. The number of fused-ring (bicyclic) bond motifs is 3. The van der Waals surface area contributed by atoms with Crippen LogP contribution in [0, 0.1) is 5.92 Å². The van der Waals surface area contributed by atoms with Crippen molar-refractivity contribution in [2.45, 2.75) is 31.9 Å². The number of carbonyl (C=O) groups excluding carboxylic acids is 1. The quantitative estimate of drug-likeness (QED) is 0.379. The molecule has 0 radical (unpaired) electrons. The fourth-order valence-corrected chi connectivity index (χ4v) is 4.30. The molecule has 174 valence electrons. The van der Waals surface area contributed by atoms with Gasteiger partial charge in [-0.3, -0.25) is 4.79 Å². The van der Waals surface area contributed by atoms with Crippen molar-refractivity contribution in [3.8, 4) is 16.9 Å². The third-order valence-corrected chi connectivity index (χ3v) is 5.85. The van der Waals surface area contributed by atoms with Gasteiger partial charge in [-0.1, -0.05) is 6.92 Å². The van der Waals surface area contributed by atoms with Gasteiger partial charge in [0.2, 0.25) is 0 Å². The third kappa shape index (κ3) is 4.56. The highest BCUT2D eigenvalue weighted by Gasteiger charge is 2.27. The predicted octanol–water partition coefficient (Wildman–Crippen LogP) is 5.50. The van der Waals surface area contributed by atoms with Crippen LogP contribution in [0.4, 0.5) is 14.5 Å². The Balaban J connectivity index is 1.50. The normalized spacial score (nSPS) is 15.7. The van der Waals surface area contributed by atoms with E-state index in [1.165, 1.54) is 30.6 Å². The number of carbonyl (C=O) groups is 1. The zero-order chi connectivity index (χ0) is 23.9. The van der Waals surface area contributed by atoms with Crippen molar-refractivity contribution in [2.75, 3.05) is 5.32 Å². The van der Waals surface area contributed by atoms with Gasteiger partial charge in [0.1, 0.15) is 17.9 Å². The molecule has 0 fully saturated rings. The highest BCUT2D eigenvalue weighted by Crippen LogP contribution is 2.34. The molecule has 3 heterocycles. The summed E-state index contributed by atoms with van der Waals surface area (Å²) in [5.41, 5.74) is 0.302. The molecule has 7 nitrogen and oxygen atoms in total. The van der Waals surface area contributed by atoms with Crippen molar-refractivity contribution in [3.63, 3.8) is 0 Å². The molecule has 1 aliphatic rings. The topological polar surface area (TPSA) is 81.9 Å². The lowest BCUT2D eigenvalue weighted by Crippen LogP contribution is -2.17. The summed E-state index contributed by atoms with van der Waals surface area (Å²) in [4.78, 5) is 26.2. The van der Waals surface area contributed by atoms with E-state index in [-0.39, 0.29) is 11.7 Å². The monoisotopic (exact) mass is 483 g/mol. The van der Waals surface area contributed by atoms with Crippen LogP contribution in [0.3, 0.4) is 0 Å². The summed E-state index contributed by atoms with van der Waals surface area (Å²) >= 11 is 4.79. The number of nitrogens with one attached hydrogen (secondary N) is 1. The van der Waals surface area contributed by atoms with Crippen LogP contribution in [0.25, 0.3) is 22.2 Å². The maximum atomic E-state index is 13.1. The van der Waals surface area contributed by atoms with Crippen molar-refractivity contribution >= 4 is 34.2 Å². The zero-order valence-corrected chi connectivity index (χ0v) is 18.9. The van der Waals surface area contributed by atoms with Crippen LogP contribution in [-0.4, -0.2) is 31.0 Å². The molecule has 5 rings (SSSR count). The number of hydrogen-bond donors (Lipinski definition) is 1. The molecule has 0 saturated carbocycles. The number of nitrogens with zero attached hydrogens (tertiary/aromatic N) is 4. The molecule has 1 amide bonds. The van der Waals surface area contributed by atoms with Gasteiger partial charge in [0.25, 0.3) is 5.91 Å². The molecule has 1 atom stereocenters. The Hall–Kier alpha value is -3.59. The molecule has 10 heteroatoms. The van der Waals surface area contributed by atoms with Crippen molar-refractivity contribution in [1.82, 2.24) is 19.5 Å². The Morgan fingerprint density at radius 1 is 1.21 bits per heavy atom. The second-order valence-electron chi connectivity index (χ2n) is 8.32. The van der Waals surface area contributed by atoms with E-state index < -0.39 is 5.57 Å². The van der Waals surface area contributed by atoms with Gasteiger partial charge >= 0.3 is 5.57 Å². The van der Waals surface area contributed by atoms with Crippen molar-refractivity contribution < 1.29 is 18.3 Å². The van der Waals surface area contributed by atoms with E-state index in [1.54, 1.807) is 24.5 Å². The number of anilines is 1. The number of ether oxygens (including phenoxy) is 1. The molecule has 0 spiro atoms. The number of rotatable bonds is 5. The molecule has 0 aliphatic carbocycles. The summed E-state index contributed by atoms with van der Waals surface area (Å²) in [5, 5.41) is 2.78. The Morgan fingerprint density at radius 2 is 1.94 bits per heavy atom. The summed E-state index contributed by atoms with van der Waals surface area (Å²) in [6, 6.07) is 9.07. The molecule has 0 unspecified atom stereocenters. The highest BCUT2D eigenvalue weighted by molar-refractivity contribution is 6.20. The fraction of sp³-hybridized carbons (Fsp3) is 0.250. The molecule has 0 bridgehead atoms. The summed E-state index contributed by atoms with van der Waals surface area (Å²) < 4.78 is 32.1. The number of amides is 1. The van der Waals surface area contributed by atoms with Gasteiger partial charge in [-0.15, -0.1) is 8.78 Å². The number of benzene rings is 2. The molecule has 1 N–H and O–H groups in total. The fourth-order valence-electron chi connectivity index (χ4n) is 4.21. The number of halogens is 3. The molecule has 0 saturated heterocycles. The molecular formula is C24H20ClF2N5O2. The highest BCUT2D eigenvalue weighted by atomic mass is 35.5. The number of aryl methyl sites for hydroxylation is 1. The first-order chi connectivity index (χ1) is 16.3. The second-order valence-corrected chi connectivity index (χ2v) is 8.76. The number of hydrogen-bond acceptors (Lipinski definition) is 5. The average Bonchev–Trinajstić information content (AvgIpc) is 3.16. The Kier molecular flexibility index (Phi) is 5.65. The smallest absolute Gasteiger partial charge is 0.420 e. The van der Waals surface area contributed by atoms with Gasteiger partial charge in [-0.25, -0.2) is 15.0 Å². The van der Waals surface area contributed by atoms with Crippen LogP contribution in [0.1, 0.15) is 29.5 Å². The first-order valence-corrected chi connectivity index (χ1v) is 11.1. The summed E-state index contributed by atoms with van der Waals surface area (Å²) in [5.74, 6) is 1.05. The summed E-state index contributed by atoms with van der Waals surface area (Å²) in [7, 11) is 0. The maximum Gasteiger partial charge on any atom is 0.487 e. The lowest BCUT2D eigenvalue weighted by Gasteiger charge is -2.21. The van der Waals surface area contributed by atoms with Crippen LogP contribution < -0.4 is 10.1 Å². The number of aromatic nitrogens is 4. The lowest BCUT2D eigenvalue weighted by molar-refractivity contribution is -0.0964.